The van der Waals surface area contributed by atoms with Crippen molar-refractivity contribution in [3.05, 3.63) is 48.7 Å². The fraction of sp³-hybridized carbons (Fsp3) is 0.250. The van der Waals surface area contributed by atoms with E-state index in [1.54, 1.807) is 11.0 Å². The average molecular weight is 189 g/mol. The summed E-state index contributed by atoms with van der Waals surface area (Å²) in [5, 5.41) is 0. The molecule has 1 aliphatic heterocycles. The summed E-state index contributed by atoms with van der Waals surface area (Å²) in [6, 6.07) is 0.102. The summed E-state index contributed by atoms with van der Waals surface area (Å²) in [5.74, 6) is 0.00343. The highest BCUT2D eigenvalue weighted by atomic mass is 16.2. The van der Waals surface area contributed by atoms with Gasteiger partial charge in [-0.05, 0) is 26.0 Å². The topological polar surface area (TPSA) is 20.3 Å². The smallest absolute Gasteiger partial charge is 0.256 e. The van der Waals surface area contributed by atoms with Crippen LogP contribution < -0.4 is 0 Å². The van der Waals surface area contributed by atoms with Gasteiger partial charge in [-0.15, -0.1) is 0 Å². The van der Waals surface area contributed by atoms with Gasteiger partial charge >= 0.3 is 0 Å². The van der Waals surface area contributed by atoms with E-state index in [9.17, 15) is 4.79 Å². The maximum Gasteiger partial charge on any atom is 0.256 e. The molecule has 2 nitrogen and oxygen atoms in total. The molecule has 1 saturated heterocycles. The SMILES string of the molecule is C=C/C=C(\C=C/C)N1C(=O)C(=C)C1C. The molecule has 0 N–H and O–H groups in total. The molecule has 0 aliphatic carbocycles. The Hall–Kier alpha value is -1.57. The van der Waals surface area contributed by atoms with Crippen molar-refractivity contribution in [1.82, 2.24) is 4.90 Å². The maximum atomic E-state index is 11.5. The van der Waals surface area contributed by atoms with Crippen molar-refractivity contribution in [2.45, 2.75) is 19.9 Å². The molecular formula is C12H15NO. The standard InChI is InChI=1S/C12H15NO/c1-5-7-11(8-6-2)13-10(4)9(3)12(13)14/h5-8,10H,1,3H2,2,4H3/b8-6-,11-7+. The van der Waals surface area contributed by atoms with Crippen molar-refractivity contribution in [3.8, 4) is 0 Å². The molecule has 1 rings (SSSR count). The number of allylic oxidation sites excluding steroid dienone is 4. The van der Waals surface area contributed by atoms with Crippen molar-refractivity contribution in [3.63, 3.8) is 0 Å². The minimum atomic E-state index is 0.00343. The Balaban J connectivity index is 2.92. The van der Waals surface area contributed by atoms with Crippen LogP contribution in [0.25, 0.3) is 0 Å². The zero-order valence-electron chi connectivity index (χ0n) is 8.66. The first-order chi connectivity index (χ1) is 6.63. The number of carbonyl (C=O) groups is 1. The normalized spacial score (nSPS) is 22.9. The molecule has 1 amide bonds. The number of carbonyl (C=O) groups excluding carboxylic acids is 1. The molecule has 0 aromatic rings. The van der Waals surface area contributed by atoms with Gasteiger partial charge in [-0.3, -0.25) is 4.79 Å². The second-order valence-corrected chi connectivity index (χ2v) is 3.20. The van der Waals surface area contributed by atoms with Gasteiger partial charge < -0.3 is 4.90 Å². The molecule has 14 heavy (non-hydrogen) atoms. The molecule has 1 atom stereocenters. The highest BCUT2D eigenvalue weighted by Crippen LogP contribution is 2.28. The van der Waals surface area contributed by atoms with Gasteiger partial charge in [0.25, 0.3) is 5.91 Å². The third-order valence-electron chi connectivity index (χ3n) is 2.29. The quantitative estimate of drug-likeness (QED) is 0.379. The lowest BCUT2D eigenvalue weighted by molar-refractivity contribution is -0.133. The van der Waals surface area contributed by atoms with E-state index in [4.69, 9.17) is 0 Å². The summed E-state index contributed by atoms with van der Waals surface area (Å²) in [7, 11) is 0. The van der Waals surface area contributed by atoms with Gasteiger partial charge in [0, 0.05) is 11.3 Å². The third-order valence-corrected chi connectivity index (χ3v) is 2.29. The first kappa shape index (κ1) is 10.5. The molecule has 0 bridgehead atoms. The van der Waals surface area contributed by atoms with Gasteiger partial charge in [0.1, 0.15) is 0 Å². The van der Waals surface area contributed by atoms with E-state index in [1.807, 2.05) is 32.1 Å². The van der Waals surface area contributed by atoms with E-state index >= 15 is 0 Å². The number of hydrogen-bond donors (Lipinski definition) is 0. The zero-order chi connectivity index (χ0) is 10.7. The van der Waals surface area contributed by atoms with Gasteiger partial charge in [-0.25, -0.2) is 0 Å². The Morgan fingerprint density at radius 1 is 1.57 bits per heavy atom. The summed E-state index contributed by atoms with van der Waals surface area (Å²) in [6.07, 6.45) is 7.29. The average Bonchev–Trinajstić information content (AvgIpc) is 2.18. The van der Waals surface area contributed by atoms with E-state index in [2.05, 4.69) is 13.2 Å². The summed E-state index contributed by atoms with van der Waals surface area (Å²) in [5.41, 5.74) is 1.54. The van der Waals surface area contributed by atoms with Gasteiger partial charge in [-0.1, -0.05) is 25.3 Å². The summed E-state index contributed by atoms with van der Waals surface area (Å²) in [4.78, 5) is 13.2. The van der Waals surface area contributed by atoms with Crippen molar-refractivity contribution >= 4 is 5.91 Å². The van der Waals surface area contributed by atoms with Gasteiger partial charge in [0.2, 0.25) is 0 Å². The molecule has 1 heterocycles. The van der Waals surface area contributed by atoms with Gasteiger partial charge in [-0.2, -0.15) is 0 Å². The second-order valence-electron chi connectivity index (χ2n) is 3.20. The highest BCUT2D eigenvalue weighted by molar-refractivity contribution is 6.02. The Labute approximate surface area is 84.9 Å². The number of β-lactam (4-membered cyclic amide) rings is 1. The van der Waals surface area contributed by atoms with E-state index in [-0.39, 0.29) is 11.9 Å². The molecule has 74 valence electrons. The lowest BCUT2D eigenvalue weighted by Gasteiger charge is -2.40. The Morgan fingerprint density at radius 2 is 2.21 bits per heavy atom. The zero-order valence-corrected chi connectivity index (χ0v) is 8.66. The van der Waals surface area contributed by atoms with E-state index in [0.29, 0.717) is 5.57 Å². The van der Waals surface area contributed by atoms with E-state index in [0.717, 1.165) is 5.70 Å². The minimum absolute atomic E-state index is 0.00343. The Bertz CT molecular complexity index is 336. The Kier molecular flexibility index (Phi) is 3.07. The molecule has 1 aliphatic rings. The van der Waals surface area contributed by atoms with Crippen molar-refractivity contribution in [1.29, 1.82) is 0 Å². The number of hydrogen-bond acceptors (Lipinski definition) is 1. The number of nitrogens with zero attached hydrogens (tertiary/aromatic N) is 1. The predicted octanol–water partition coefficient (Wildman–Crippen LogP) is 2.42. The Morgan fingerprint density at radius 3 is 2.64 bits per heavy atom. The molecular weight excluding hydrogens is 174 g/mol. The second kappa shape index (κ2) is 4.09. The highest BCUT2D eigenvalue weighted by Gasteiger charge is 2.38. The van der Waals surface area contributed by atoms with Crippen molar-refractivity contribution in [2.75, 3.05) is 0 Å². The number of amides is 1. The number of rotatable bonds is 3. The molecule has 1 fully saturated rings. The van der Waals surface area contributed by atoms with Crippen LogP contribution in [0.4, 0.5) is 0 Å². The van der Waals surface area contributed by atoms with Crippen LogP contribution in [-0.4, -0.2) is 16.8 Å². The van der Waals surface area contributed by atoms with E-state index < -0.39 is 0 Å². The molecule has 0 aromatic heterocycles. The summed E-state index contributed by atoms with van der Waals surface area (Å²) in [6.45, 7) is 11.2. The number of likely N-dealkylation sites (tertiary alicyclic amines) is 1. The fourth-order valence-electron chi connectivity index (χ4n) is 1.45. The predicted molar refractivity (Wildman–Crippen MR) is 58.5 cm³/mol. The molecule has 1 unspecified atom stereocenters. The van der Waals surface area contributed by atoms with Crippen LogP contribution in [0.5, 0.6) is 0 Å². The van der Waals surface area contributed by atoms with Crippen LogP contribution in [-0.2, 0) is 4.79 Å². The van der Waals surface area contributed by atoms with Gasteiger partial charge in [0.05, 0.1) is 6.04 Å². The van der Waals surface area contributed by atoms with Gasteiger partial charge in [0.15, 0.2) is 0 Å². The summed E-state index contributed by atoms with van der Waals surface area (Å²) < 4.78 is 0. The van der Waals surface area contributed by atoms with E-state index in [1.165, 1.54) is 0 Å². The lowest BCUT2D eigenvalue weighted by atomic mass is 9.96. The van der Waals surface area contributed by atoms with Crippen LogP contribution >= 0.6 is 0 Å². The first-order valence-corrected chi connectivity index (χ1v) is 4.61. The first-order valence-electron chi connectivity index (χ1n) is 4.61. The molecule has 0 radical (unpaired) electrons. The minimum Gasteiger partial charge on any atom is -0.301 e. The monoisotopic (exact) mass is 189 g/mol. The molecule has 0 spiro atoms. The molecule has 0 aromatic carbocycles. The lowest BCUT2D eigenvalue weighted by Crippen LogP contribution is -2.51. The maximum absolute atomic E-state index is 11.5. The van der Waals surface area contributed by atoms with Crippen LogP contribution in [0.1, 0.15) is 13.8 Å². The van der Waals surface area contributed by atoms with Crippen LogP contribution in [0.3, 0.4) is 0 Å². The largest absolute Gasteiger partial charge is 0.301 e. The third kappa shape index (κ3) is 1.55. The molecule has 0 saturated carbocycles. The van der Waals surface area contributed by atoms with Crippen LogP contribution in [0.15, 0.2) is 48.7 Å². The van der Waals surface area contributed by atoms with Crippen molar-refractivity contribution < 1.29 is 4.79 Å². The van der Waals surface area contributed by atoms with Crippen LogP contribution in [0, 0.1) is 0 Å². The summed E-state index contributed by atoms with van der Waals surface area (Å²) >= 11 is 0. The van der Waals surface area contributed by atoms with Crippen molar-refractivity contribution in [2.24, 2.45) is 0 Å². The molecule has 2 heteroatoms. The fourth-order valence-corrected chi connectivity index (χ4v) is 1.45. The van der Waals surface area contributed by atoms with Crippen LogP contribution in [0.2, 0.25) is 0 Å².